The van der Waals surface area contributed by atoms with Crippen LogP contribution in [0, 0.1) is 0 Å². The van der Waals surface area contributed by atoms with Gasteiger partial charge in [-0.25, -0.2) is 4.98 Å². The van der Waals surface area contributed by atoms with Gasteiger partial charge in [-0.2, -0.15) is 0 Å². The predicted octanol–water partition coefficient (Wildman–Crippen LogP) is 1.92. The fourth-order valence-electron chi connectivity index (χ4n) is 1.04. The van der Waals surface area contributed by atoms with Gasteiger partial charge in [0, 0.05) is 32.9 Å². The Morgan fingerprint density at radius 2 is 2.33 bits per heavy atom. The summed E-state index contributed by atoms with van der Waals surface area (Å²) in [5, 5.41) is 0.414. The monoisotopic (exact) mass is 224 g/mol. The highest BCUT2D eigenvalue weighted by Gasteiger charge is 2.00. The first kappa shape index (κ1) is 11.7. The van der Waals surface area contributed by atoms with Crippen molar-refractivity contribution in [3.05, 3.63) is 41.3 Å². The lowest BCUT2D eigenvalue weighted by atomic mass is 10.1. The number of halogens is 1. The molecule has 1 rings (SSSR count). The zero-order valence-electron chi connectivity index (χ0n) is 8.77. The fourth-order valence-corrected chi connectivity index (χ4v) is 1.24. The lowest BCUT2D eigenvalue weighted by Gasteiger charge is -2.02. The smallest absolute Gasteiger partial charge is 0.161 e. The summed E-state index contributed by atoms with van der Waals surface area (Å²) >= 11 is 5.71. The van der Waals surface area contributed by atoms with Gasteiger partial charge in [0.1, 0.15) is 5.15 Å². The Morgan fingerprint density at radius 1 is 1.60 bits per heavy atom. The van der Waals surface area contributed by atoms with Crippen LogP contribution >= 0.6 is 11.6 Å². The van der Waals surface area contributed by atoms with Gasteiger partial charge in [0.15, 0.2) is 5.78 Å². The van der Waals surface area contributed by atoms with Crippen LogP contribution in [0.1, 0.15) is 5.56 Å². The van der Waals surface area contributed by atoms with Crippen LogP contribution in [0.3, 0.4) is 0 Å². The van der Waals surface area contributed by atoms with Gasteiger partial charge < -0.3 is 4.90 Å². The highest BCUT2D eigenvalue weighted by atomic mass is 35.5. The zero-order valence-corrected chi connectivity index (χ0v) is 9.53. The van der Waals surface area contributed by atoms with Crippen LogP contribution in [0.2, 0.25) is 5.15 Å². The van der Waals surface area contributed by atoms with Gasteiger partial charge in [-0.15, -0.1) is 0 Å². The van der Waals surface area contributed by atoms with Crippen molar-refractivity contribution < 1.29 is 4.79 Å². The van der Waals surface area contributed by atoms with Crippen molar-refractivity contribution >= 4 is 17.4 Å². The molecule has 3 nitrogen and oxygen atoms in total. The number of allylic oxidation sites excluding steroid dienone is 1. The second kappa shape index (κ2) is 5.51. The minimum absolute atomic E-state index is 0.0472. The quantitative estimate of drug-likeness (QED) is 0.579. The summed E-state index contributed by atoms with van der Waals surface area (Å²) in [7, 11) is 3.74. The van der Waals surface area contributed by atoms with E-state index in [9.17, 15) is 4.79 Å². The summed E-state index contributed by atoms with van der Waals surface area (Å²) in [6.07, 6.45) is 5.23. The summed E-state index contributed by atoms with van der Waals surface area (Å²) in [5.41, 5.74) is 0.878. The van der Waals surface area contributed by atoms with Crippen LogP contribution in [-0.2, 0) is 11.2 Å². The molecule has 1 aromatic rings. The third-order valence-corrected chi connectivity index (χ3v) is 1.93. The standard InChI is InChI=1S/C11H13ClN2O/c1-14(2)6-4-10(15)7-9-3-5-13-11(12)8-9/h3-6,8H,7H2,1-2H3/b6-4-. The summed E-state index contributed by atoms with van der Waals surface area (Å²) in [6, 6.07) is 3.48. The van der Waals surface area contributed by atoms with Crippen molar-refractivity contribution in [3.8, 4) is 0 Å². The van der Waals surface area contributed by atoms with Crippen LogP contribution in [0.5, 0.6) is 0 Å². The predicted molar refractivity (Wildman–Crippen MR) is 60.8 cm³/mol. The number of carbonyl (C=O) groups excluding carboxylic acids is 1. The van der Waals surface area contributed by atoms with Crippen molar-refractivity contribution in [3.63, 3.8) is 0 Å². The number of aromatic nitrogens is 1. The Bertz CT molecular complexity index is 375. The van der Waals surface area contributed by atoms with E-state index >= 15 is 0 Å². The van der Waals surface area contributed by atoms with Crippen LogP contribution in [0.15, 0.2) is 30.6 Å². The van der Waals surface area contributed by atoms with E-state index in [0.717, 1.165) is 5.56 Å². The number of hydrogen-bond acceptors (Lipinski definition) is 3. The average molecular weight is 225 g/mol. The molecule has 0 spiro atoms. The Balaban J connectivity index is 2.59. The first-order valence-electron chi connectivity index (χ1n) is 4.56. The van der Waals surface area contributed by atoms with Crippen LogP contribution in [-0.4, -0.2) is 29.8 Å². The second-order valence-corrected chi connectivity index (χ2v) is 3.80. The zero-order chi connectivity index (χ0) is 11.3. The van der Waals surface area contributed by atoms with E-state index < -0.39 is 0 Å². The maximum Gasteiger partial charge on any atom is 0.161 e. The lowest BCUT2D eigenvalue weighted by Crippen LogP contribution is -2.04. The molecule has 0 atom stereocenters. The number of hydrogen-bond donors (Lipinski definition) is 0. The molecule has 0 aliphatic heterocycles. The van der Waals surface area contributed by atoms with Crippen molar-refractivity contribution in [1.29, 1.82) is 0 Å². The van der Waals surface area contributed by atoms with E-state index in [1.54, 1.807) is 30.6 Å². The number of carbonyl (C=O) groups is 1. The number of rotatable bonds is 4. The van der Waals surface area contributed by atoms with Gasteiger partial charge in [-0.05, 0) is 23.8 Å². The minimum Gasteiger partial charge on any atom is -0.383 e. The average Bonchev–Trinajstić information content (AvgIpc) is 2.15. The van der Waals surface area contributed by atoms with Crippen LogP contribution in [0.25, 0.3) is 0 Å². The van der Waals surface area contributed by atoms with Gasteiger partial charge in [-0.3, -0.25) is 4.79 Å². The first-order chi connectivity index (χ1) is 7.08. The molecule has 0 saturated heterocycles. The Morgan fingerprint density at radius 3 is 2.93 bits per heavy atom. The molecule has 0 aliphatic carbocycles. The van der Waals surface area contributed by atoms with Gasteiger partial charge in [0.05, 0.1) is 0 Å². The Labute approximate surface area is 94.4 Å². The third-order valence-electron chi connectivity index (χ3n) is 1.73. The summed E-state index contributed by atoms with van der Waals surface area (Å²) < 4.78 is 0. The topological polar surface area (TPSA) is 33.2 Å². The molecular weight excluding hydrogens is 212 g/mol. The largest absolute Gasteiger partial charge is 0.383 e. The van der Waals surface area contributed by atoms with Gasteiger partial charge in [0.2, 0.25) is 0 Å². The number of ketones is 1. The molecule has 0 radical (unpaired) electrons. The van der Waals surface area contributed by atoms with E-state index in [4.69, 9.17) is 11.6 Å². The van der Waals surface area contributed by atoms with Gasteiger partial charge in [0.25, 0.3) is 0 Å². The molecule has 0 N–H and O–H groups in total. The molecule has 0 unspecified atom stereocenters. The molecular formula is C11H13ClN2O. The fraction of sp³-hybridized carbons (Fsp3) is 0.273. The SMILES string of the molecule is CN(C)/C=C\C(=O)Cc1ccnc(Cl)c1. The highest BCUT2D eigenvalue weighted by molar-refractivity contribution is 6.29. The normalized spacial score (nSPS) is 10.6. The lowest BCUT2D eigenvalue weighted by molar-refractivity contribution is -0.114. The maximum absolute atomic E-state index is 11.5. The molecule has 4 heteroatoms. The van der Waals surface area contributed by atoms with Crippen molar-refractivity contribution in [2.24, 2.45) is 0 Å². The van der Waals surface area contributed by atoms with Gasteiger partial charge in [-0.1, -0.05) is 11.6 Å². The molecule has 1 aromatic heterocycles. The molecule has 0 fully saturated rings. The Hall–Kier alpha value is -1.35. The molecule has 0 aromatic carbocycles. The van der Waals surface area contributed by atoms with Crippen molar-refractivity contribution in [2.75, 3.05) is 14.1 Å². The minimum atomic E-state index is 0.0472. The molecule has 1 heterocycles. The molecule has 80 valence electrons. The van der Waals surface area contributed by atoms with Gasteiger partial charge >= 0.3 is 0 Å². The number of pyridine rings is 1. The summed E-state index contributed by atoms with van der Waals surface area (Å²) in [6.45, 7) is 0. The van der Waals surface area contributed by atoms with E-state index in [2.05, 4.69) is 4.98 Å². The van der Waals surface area contributed by atoms with E-state index in [1.807, 2.05) is 19.0 Å². The van der Waals surface area contributed by atoms with Crippen LogP contribution < -0.4 is 0 Å². The third kappa shape index (κ3) is 4.61. The van der Waals surface area contributed by atoms with Crippen LogP contribution in [0.4, 0.5) is 0 Å². The first-order valence-corrected chi connectivity index (χ1v) is 4.93. The summed E-state index contributed by atoms with van der Waals surface area (Å²) in [5.74, 6) is 0.0472. The van der Waals surface area contributed by atoms with E-state index in [-0.39, 0.29) is 5.78 Å². The Kier molecular flexibility index (Phi) is 4.31. The molecule has 0 bridgehead atoms. The maximum atomic E-state index is 11.5. The molecule has 0 aliphatic rings. The van der Waals surface area contributed by atoms with Crippen molar-refractivity contribution in [2.45, 2.75) is 6.42 Å². The van der Waals surface area contributed by atoms with E-state index in [0.29, 0.717) is 11.6 Å². The number of nitrogens with zero attached hydrogens (tertiary/aromatic N) is 2. The second-order valence-electron chi connectivity index (χ2n) is 3.41. The molecule has 0 saturated carbocycles. The van der Waals surface area contributed by atoms with E-state index in [1.165, 1.54) is 0 Å². The molecule has 15 heavy (non-hydrogen) atoms. The molecule has 0 amide bonds. The van der Waals surface area contributed by atoms with Crippen molar-refractivity contribution in [1.82, 2.24) is 9.88 Å². The summed E-state index contributed by atoms with van der Waals surface area (Å²) in [4.78, 5) is 17.1. The highest BCUT2D eigenvalue weighted by Crippen LogP contribution is 2.08.